The second-order valence-corrected chi connectivity index (χ2v) is 11.0. The molecular weight excluding hydrogens is 480 g/mol. The van der Waals surface area contributed by atoms with E-state index in [-0.39, 0.29) is 0 Å². The molecular formula is C26H42N12. The molecule has 4 aliphatic heterocycles. The number of nitrogens with zero attached hydrogens (tertiary/aromatic N) is 10. The highest BCUT2D eigenvalue weighted by atomic mass is 15.5. The standard InChI is InChI=1S/C26H42N12/c1-5-13-35(14-6-1)23-27-21(28-24(31-23)36-15-7-2-8-16-36)33-34-22-29-25(37-17-9-3-10-18-37)32-26(30-22)38-19-11-4-12-20-38/h1-20H2,(H,27,28,31,33)(H,29,30,32,34). The first-order valence-electron chi connectivity index (χ1n) is 14.9. The topological polar surface area (TPSA) is 114 Å². The van der Waals surface area contributed by atoms with E-state index in [0.29, 0.717) is 11.9 Å². The number of aromatic nitrogens is 6. The summed E-state index contributed by atoms with van der Waals surface area (Å²) in [4.78, 5) is 38.1. The SMILES string of the molecule is C1CCN(c2nc(NNc3nc(N4CCCCC4)nc(N4CCCCC4)n3)nc(N3CCCCC3)n2)CC1. The Kier molecular flexibility index (Phi) is 8.01. The number of nitrogens with one attached hydrogen (secondary N) is 2. The maximum absolute atomic E-state index is 4.89. The van der Waals surface area contributed by atoms with E-state index >= 15 is 0 Å². The van der Waals surface area contributed by atoms with E-state index in [4.69, 9.17) is 29.9 Å². The summed E-state index contributed by atoms with van der Waals surface area (Å²) in [5.74, 6) is 4.01. The van der Waals surface area contributed by atoms with Crippen LogP contribution in [0.15, 0.2) is 0 Å². The van der Waals surface area contributed by atoms with E-state index in [9.17, 15) is 0 Å². The fourth-order valence-electron chi connectivity index (χ4n) is 5.87. The predicted octanol–water partition coefficient (Wildman–Crippen LogP) is 3.46. The Bertz CT molecular complexity index is 885. The van der Waals surface area contributed by atoms with Gasteiger partial charge >= 0.3 is 0 Å². The largest absolute Gasteiger partial charge is 0.341 e. The van der Waals surface area contributed by atoms with Crippen LogP contribution in [-0.4, -0.2) is 82.3 Å². The summed E-state index contributed by atoms with van der Waals surface area (Å²) in [6, 6.07) is 0. The van der Waals surface area contributed by atoms with Gasteiger partial charge in [-0.2, -0.15) is 29.9 Å². The second-order valence-electron chi connectivity index (χ2n) is 11.0. The normalized spacial score (nSPS) is 20.9. The van der Waals surface area contributed by atoms with Crippen molar-refractivity contribution < 1.29 is 0 Å². The monoisotopic (exact) mass is 522 g/mol. The Labute approximate surface area is 225 Å². The van der Waals surface area contributed by atoms with Gasteiger partial charge in [0.1, 0.15) is 0 Å². The van der Waals surface area contributed by atoms with Crippen molar-refractivity contribution in [1.82, 2.24) is 29.9 Å². The van der Waals surface area contributed by atoms with E-state index in [0.717, 1.165) is 76.2 Å². The minimum absolute atomic E-state index is 0.501. The molecule has 38 heavy (non-hydrogen) atoms. The summed E-state index contributed by atoms with van der Waals surface area (Å²) in [5, 5.41) is 0. The number of hydrogen-bond acceptors (Lipinski definition) is 12. The average molecular weight is 523 g/mol. The highest BCUT2D eigenvalue weighted by molar-refractivity contribution is 5.50. The van der Waals surface area contributed by atoms with Gasteiger partial charge in [0.2, 0.25) is 35.7 Å². The van der Waals surface area contributed by atoms with Crippen molar-refractivity contribution in [2.24, 2.45) is 0 Å². The summed E-state index contributed by atoms with van der Waals surface area (Å²) in [6.45, 7) is 7.91. The Hall–Kier alpha value is -3.18. The minimum Gasteiger partial charge on any atom is -0.341 e. The smallest absolute Gasteiger partial charge is 0.248 e. The van der Waals surface area contributed by atoms with Crippen molar-refractivity contribution >= 4 is 35.7 Å². The molecule has 2 aromatic heterocycles. The zero-order valence-electron chi connectivity index (χ0n) is 22.6. The highest BCUT2D eigenvalue weighted by Gasteiger charge is 2.22. The molecule has 0 spiro atoms. The molecule has 206 valence electrons. The van der Waals surface area contributed by atoms with Crippen LogP contribution in [0.25, 0.3) is 0 Å². The molecule has 4 fully saturated rings. The van der Waals surface area contributed by atoms with Crippen molar-refractivity contribution in [3.05, 3.63) is 0 Å². The molecule has 2 aromatic rings. The van der Waals surface area contributed by atoms with Crippen LogP contribution in [-0.2, 0) is 0 Å². The fraction of sp³-hybridized carbons (Fsp3) is 0.769. The number of hydrogen-bond donors (Lipinski definition) is 2. The molecule has 0 bridgehead atoms. The van der Waals surface area contributed by atoms with Gasteiger partial charge in [-0.15, -0.1) is 0 Å². The summed E-state index contributed by atoms with van der Waals surface area (Å²) in [5.41, 5.74) is 6.45. The molecule has 12 heteroatoms. The molecule has 2 N–H and O–H groups in total. The Morgan fingerprint density at radius 2 is 0.553 bits per heavy atom. The van der Waals surface area contributed by atoms with Crippen LogP contribution < -0.4 is 30.5 Å². The van der Waals surface area contributed by atoms with E-state index < -0.39 is 0 Å². The first-order valence-corrected chi connectivity index (χ1v) is 14.9. The number of anilines is 6. The van der Waals surface area contributed by atoms with Crippen molar-refractivity contribution in [3.63, 3.8) is 0 Å². The van der Waals surface area contributed by atoms with Crippen LogP contribution in [0.4, 0.5) is 35.7 Å². The second kappa shape index (κ2) is 12.1. The average Bonchev–Trinajstić information content (AvgIpc) is 3.01. The van der Waals surface area contributed by atoms with E-state index in [2.05, 4.69) is 30.5 Å². The van der Waals surface area contributed by atoms with Crippen molar-refractivity contribution in [2.45, 2.75) is 77.0 Å². The third-order valence-corrected chi connectivity index (χ3v) is 8.07. The summed E-state index contributed by atoms with van der Waals surface area (Å²) >= 11 is 0. The highest BCUT2D eigenvalue weighted by Crippen LogP contribution is 2.24. The fourth-order valence-corrected chi connectivity index (χ4v) is 5.87. The molecule has 0 aromatic carbocycles. The summed E-state index contributed by atoms with van der Waals surface area (Å²) in [6.07, 6.45) is 14.5. The van der Waals surface area contributed by atoms with Gasteiger partial charge in [0.05, 0.1) is 0 Å². The third-order valence-electron chi connectivity index (χ3n) is 8.07. The molecule has 4 aliphatic rings. The van der Waals surface area contributed by atoms with Crippen LogP contribution in [0.1, 0.15) is 77.0 Å². The summed E-state index contributed by atoms with van der Waals surface area (Å²) < 4.78 is 0. The van der Waals surface area contributed by atoms with Gasteiger partial charge < -0.3 is 19.6 Å². The lowest BCUT2D eigenvalue weighted by Gasteiger charge is -2.30. The molecule has 0 saturated carbocycles. The maximum atomic E-state index is 4.89. The Morgan fingerprint density at radius 3 is 0.789 bits per heavy atom. The number of rotatable bonds is 7. The van der Waals surface area contributed by atoms with E-state index in [1.807, 2.05) is 0 Å². The van der Waals surface area contributed by atoms with Gasteiger partial charge in [0.15, 0.2) is 0 Å². The lowest BCUT2D eigenvalue weighted by atomic mass is 10.1. The Morgan fingerprint density at radius 1 is 0.316 bits per heavy atom. The minimum atomic E-state index is 0.501. The molecule has 0 radical (unpaired) electrons. The van der Waals surface area contributed by atoms with E-state index in [1.54, 1.807) is 0 Å². The van der Waals surface area contributed by atoms with Gasteiger partial charge in [0, 0.05) is 52.4 Å². The predicted molar refractivity (Wildman–Crippen MR) is 151 cm³/mol. The third kappa shape index (κ3) is 6.10. The molecule has 4 saturated heterocycles. The molecule has 0 aliphatic carbocycles. The number of hydrazine groups is 1. The molecule has 0 atom stereocenters. The van der Waals surface area contributed by atoms with E-state index in [1.165, 1.54) is 77.0 Å². The zero-order chi connectivity index (χ0) is 25.6. The van der Waals surface area contributed by atoms with Crippen LogP contribution in [0.5, 0.6) is 0 Å². The molecule has 6 rings (SSSR count). The van der Waals surface area contributed by atoms with Crippen molar-refractivity contribution in [3.8, 4) is 0 Å². The number of piperidine rings is 4. The first kappa shape index (κ1) is 25.1. The van der Waals surface area contributed by atoms with Crippen LogP contribution >= 0.6 is 0 Å². The van der Waals surface area contributed by atoms with Crippen molar-refractivity contribution in [2.75, 3.05) is 82.8 Å². The first-order chi connectivity index (χ1) is 18.8. The quantitative estimate of drug-likeness (QED) is 0.519. The molecule has 12 nitrogen and oxygen atoms in total. The summed E-state index contributed by atoms with van der Waals surface area (Å²) in [7, 11) is 0. The van der Waals surface area contributed by atoms with Gasteiger partial charge in [-0.25, -0.2) is 0 Å². The Balaban J connectivity index is 1.25. The molecule has 0 unspecified atom stereocenters. The van der Waals surface area contributed by atoms with Gasteiger partial charge in [-0.3, -0.25) is 10.9 Å². The van der Waals surface area contributed by atoms with Crippen molar-refractivity contribution in [1.29, 1.82) is 0 Å². The van der Waals surface area contributed by atoms with Crippen LogP contribution in [0.2, 0.25) is 0 Å². The lowest BCUT2D eigenvalue weighted by Crippen LogP contribution is -2.35. The lowest BCUT2D eigenvalue weighted by molar-refractivity contribution is 0.556. The van der Waals surface area contributed by atoms with Gasteiger partial charge in [-0.1, -0.05) is 0 Å². The van der Waals surface area contributed by atoms with Crippen LogP contribution in [0, 0.1) is 0 Å². The van der Waals surface area contributed by atoms with Gasteiger partial charge in [-0.05, 0) is 77.0 Å². The molecule has 6 heterocycles. The maximum Gasteiger partial charge on any atom is 0.248 e. The molecule has 0 amide bonds. The zero-order valence-corrected chi connectivity index (χ0v) is 22.6. The van der Waals surface area contributed by atoms with Crippen LogP contribution in [0.3, 0.4) is 0 Å². The van der Waals surface area contributed by atoms with Gasteiger partial charge in [0.25, 0.3) is 0 Å².